The molecule has 0 radical (unpaired) electrons. The molecular weight excluding hydrogens is 278 g/mol. The van der Waals surface area contributed by atoms with Crippen LogP contribution in [0, 0.1) is 0 Å². The molecule has 2 amide bonds. The van der Waals surface area contributed by atoms with Gasteiger partial charge in [-0.25, -0.2) is 4.79 Å². The molecular formula is C17H21N3O2. The second-order valence-corrected chi connectivity index (χ2v) is 5.56. The van der Waals surface area contributed by atoms with Gasteiger partial charge in [-0.3, -0.25) is 4.98 Å². The number of urea groups is 1. The zero-order chi connectivity index (χ0) is 15.2. The molecule has 2 aromatic rings. The summed E-state index contributed by atoms with van der Waals surface area (Å²) >= 11 is 0. The molecule has 5 nitrogen and oxygen atoms in total. The highest BCUT2D eigenvalue weighted by atomic mass is 16.5. The van der Waals surface area contributed by atoms with Crippen molar-refractivity contribution < 1.29 is 9.53 Å². The molecule has 1 aromatic carbocycles. The van der Waals surface area contributed by atoms with Crippen molar-refractivity contribution in [1.82, 2.24) is 15.6 Å². The van der Waals surface area contributed by atoms with Crippen LogP contribution in [0.2, 0.25) is 0 Å². The summed E-state index contributed by atoms with van der Waals surface area (Å²) in [5.41, 5.74) is 0.848. The van der Waals surface area contributed by atoms with Crippen molar-refractivity contribution >= 4 is 16.9 Å². The fourth-order valence-electron chi connectivity index (χ4n) is 2.82. The number of ether oxygens (including phenoxy) is 1. The van der Waals surface area contributed by atoms with Gasteiger partial charge in [0.1, 0.15) is 17.9 Å². The van der Waals surface area contributed by atoms with Crippen LogP contribution in [0.5, 0.6) is 5.75 Å². The zero-order valence-corrected chi connectivity index (χ0v) is 12.5. The maximum atomic E-state index is 11.7. The third-order valence-electron chi connectivity index (χ3n) is 3.93. The largest absolute Gasteiger partial charge is 0.489 e. The summed E-state index contributed by atoms with van der Waals surface area (Å²) in [6.07, 6.45) is 6.35. The minimum Gasteiger partial charge on any atom is -0.489 e. The Morgan fingerprint density at radius 2 is 2.05 bits per heavy atom. The Labute approximate surface area is 130 Å². The lowest BCUT2D eigenvalue weighted by atomic mass is 10.2. The molecule has 116 valence electrons. The van der Waals surface area contributed by atoms with Crippen LogP contribution in [-0.2, 0) is 0 Å². The number of carbonyl (C=O) groups is 1. The highest BCUT2D eigenvalue weighted by Gasteiger charge is 2.16. The molecule has 22 heavy (non-hydrogen) atoms. The van der Waals surface area contributed by atoms with Gasteiger partial charge < -0.3 is 15.4 Å². The van der Waals surface area contributed by atoms with E-state index in [2.05, 4.69) is 15.6 Å². The molecule has 3 rings (SSSR count). The first-order chi connectivity index (χ1) is 10.8. The Morgan fingerprint density at radius 1 is 1.23 bits per heavy atom. The first-order valence-electron chi connectivity index (χ1n) is 7.84. The number of nitrogens with one attached hydrogen (secondary N) is 2. The molecule has 0 bridgehead atoms. The number of aromatic nitrogens is 1. The second kappa shape index (κ2) is 7.11. The van der Waals surface area contributed by atoms with E-state index >= 15 is 0 Å². The van der Waals surface area contributed by atoms with E-state index in [1.807, 2.05) is 30.3 Å². The number of para-hydroxylation sites is 1. The molecule has 1 fully saturated rings. The summed E-state index contributed by atoms with van der Waals surface area (Å²) < 4.78 is 5.73. The molecule has 2 N–H and O–H groups in total. The van der Waals surface area contributed by atoms with Crippen LogP contribution in [0.3, 0.4) is 0 Å². The molecule has 0 unspecified atom stereocenters. The molecule has 1 heterocycles. The first kappa shape index (κ1) is 14.6. The minimum atomic E-state index is -0.105. The van der Waals surface area contributed by atoms with Crippen molar-refractivity contribution in [2.75, 3.05) is 13.2 Å². The lowest BCUT2D eigenvalue weighted by Crippen LogP contribution is -2.42. The van der Waals surface area contributed by atoms with Gasteiger partial charge in [0.25, 0.3) is 0 Å². The summed E-state index contributed by atoms with van der Waals surface area (Å²) in [5, 5.41) is 6.87. The Balaban J connectivity index is 1.45. The monoisotopic (exact) mass is 299 g/mol. The van der Waals surface area contributed by atoms with E-state index in [-0.39, 0.29) is 6.03 Å². The standard InChI is InChI=1S/C17H21N3O2/c21-17(20-14-7-1-2-8-14)19-11-12-22-15-9-3-5-13-6-4-10-18-16(13)15/h3-6,9-10,14H,1-2,7-8,11-12H2,(H2,19,20,21). The summed E-state index contributed by atoms with van der Waals surface area (Å²) in [5.74, 6) is 0.746. The highest BCUT2D eigenvalue weighted by Crippen LogP contribution is 2.22. The van der Waals surface area contributed by atoms with Crippen molar-refractivity contribution in [3.05, 3.63) is 36.5 Å². The van der Waals surface area contributed by atoms with Gasteiger partial charge in [0.05, 0.1) is 6.54 Å². The van der Waals surface area contributed by atoms with Crippen LogP contribution in [0.15, 0.2) is 36.5 Å². The van der Waals surface area contributed by atoms with E-state index in [1.165, 1.54) is 12.8 Å². The number of benzene rings is 1. The van der Waals surface area contributed by atoms with E-state index in [9.17, 15) is 4.79 Å². The zero-order valence-electron chi connectivity index (χ0n) is 12.5. The van der Waals surface area contributed by atoms with E-state index in [0.29, 0.717) is 19.2 Å². The van der Waals surface area contributed by atoms with Gasteiger partial charge >= 0.3 is 6.03 Å². The van der Waals surface area contributed by atoms with Gasteiger partial charge in [-0.05, 0) is 25.0 Å². The van der Waals surface area contributed by atoms with Crippen LogP contribution in [-0.4, -0.2) is 30.2 Å². The Hall–Kier alpha value is -2.30. The number of hydrogen-bond donors (Lipinski definition) is 2. The number of pyridine rings is 1. The normalized spacial score (nSPS) is 14.9. The van der Waals surface area contributed by atoms with Crippen molar-refractivity contribution in [3.8, 4) is 5.75 Å². The van der Waals surface area contributed by atoms with Crippen LogP contribution < -0.4 is 15.4 Å². The Bertz CT molecular complexity index is 633. The Kier molecular flexibility index (Phi) is 4.73. The van der Waals surface area contributed by atoms with Crippen molar-refractivity contribution in [1.29, 1.82) is 0 Å². The molecule has 1 aromatic heterocycles. The maximum Gasteiger partial charge on any atom is 0.315 e. The number of nitrogens with zero attached hydrogens (tertiary/aromatic N) is 1. The van der Waals surface area contributed by atoms with Crippen molar-refractivity contribution in [2.24, 2.45) is 0 Å². The topological polar surface area (TPSA) is 63.2 Å². The lowest BCUT2D eigenvalue weighted by Gasteiger charge is -2.13. The third-order valence-corrected chi connectivity index (χ3v) is 3.93. The van der Waals surface area contributed by atoms with Gasteiger partial charge in [-0.2, -0.15) is 0 Å². The molecule has 1 aliphatic carbocycles. The predicted octanol–water partition coefficient (Wildman–Crippen LogP) is 2.86. The summed E-state index contributed by atoms with van der Waals surface area (Å²) in [6.45, 7) is 0.898. The molecule has 0 spiro atoms. The lowest BCUT2D eigenvalue weighted by molar-refractivity contribution is 0.233. The Morgan fingerprint density at radius 3 is 2.91 bits per heavy atom. The average molecular weight is 299 g/mol. The summed E-state index contributed by atoms with van der Waals surface area (Å²) in [4.78, 5) is 16.1. The predicted molar refractivity (Wildman–Crippen MR) is 86.0 cm³/mol. The second-order valence-electron chi connectivity index (χ2n) is 5.56. The SMILES string of the molecule is O=C(NCCOc1cccc2cccnc12)NC1CCCC1. The molecule has 1 saturated carbocycles. The number of amides is 2. The van der Waals surface area contributed by atoms with E-state index < -0.39 is 0 Å². The van der Waals surface area contributed by atoms with Gasteiger partial charge in [0.2, 0.25) is 0 Å². The molecule has 0 saturated heterocycles. The first-order valence-corrected chi connectivity index (χ1v) is 7.84. The van der Waals surface area contributed by atoms with Gasteiger partial charge in [-0.1, -0.05) is 31.0 Å². The number of carbonyl (C=O) groups excluding carboxylic acids is 1. The number of fused-ring (bicyclic) bond motifs is 1. The fourth-order valence-corrected chi connectivity index (χ4v) is 2.82. The fraction of sp³-hybridized carbons (Fsp3) is 0.412. The number of rotatable bonds is 5. The van der Waals surface area contributed by atoms with Crippen molar-refractivity contribution in [2.45, 2.75) is 31.7 Å². The third kappa shape index (κ3) is 3.67. The van der Waals surface area contributed by atoms with Crippen LogP contribution in [0.4, 0.5) is 4.79 Å². The molecule has 0 atom stereocenters. The van der Waals surface area contributed by atoms with Crippen LogP contribution in [0.25, 0.3) is 10.9 Å². The molecule has 0 aliphatic heterocycles. The quantitative estimate of drug-likeness (QED) is 0.834. The van der Waals surface area contributed by atoms with Gasteiger partial charge in [0.15, 0.2) is 0 Å². The van der Waals surface area contributed by atoms with Gasteiger partial charge in [0, 0.05) is 17.6 Å². The molecule has 1 aliphatic rings. The van der Waals surface area contributed by atoms with Crippen LogP contribution in [0.1, 0.15) is 25.7 Å². The smallest absolute Gasteiger partial charge is 0.315 e. The highest BCUT2D eigenvalue weighted by molar-refractivity contribution is 5.84. The van der Waals surface area contributed by atoms with Gasteiger partial charge in [-0.15, -0.1) is 0 Å². The maximum absolute atomic E-state index is 11.7. The number of hydrogen-bond acceptors (Lipinski definition) is 3. The van der Waals surface area contributed by atoms with E-state index in [1.54, 1.807) is 6.20 Å². The summed E-state index contributed by atoms with van der Waals surface area (Å²) in [6, 6.07) is 9.98. The van der Waals surface area contributed by atoms with E-state index in [0.717, 1.165) is 29.5 Å². The van der Waals surface area contributed by atoms with E-state index in [4.69, 9.17) is 4.74 Å². The average Bonchev–Trinajstić information content (AvgIpc) is 3.04. The minimum absolute atomic E-state index is 0.105. The van der Waals surface area contributed by atoms with Crippen molar-refractivity contribution in [3.63, 3.8) is 0 Å². The summed E-state index contributed by atoms with van der Waals surface area (Å²) in [7, 11) is 0. The molecule has 5 heteroatoms. The van der Waals surface area contributed by atoms with Crippen LogP contribution >= 0.6 is 0 Å².